The smallest absolute Gasteiger partial charge is 0.168 e. The molecular formula is C13H14N2O3. The lowest BCUT2D eigenvalue weighted by atomic mass is 10.1. The van der Waals surface area contributed by atoms with Gasteiger partial charge in [-0.1, -0.05) is 0 Å². The van der Waals surface area contributed by atoms with E-state index in [9.17, 15) is 4.79 Å². The molecule has 0 N–H and O–H groups in total. The van der Waals surface area contributed by atoms with Crippen LogP contribution in [-0.4, -0.2) is 30.3 Å². The van der Waals surface area contributed by atoms with Crippen LogP contribution in [0.15, 0.2) is 24.3 Å². The second kappa shape index (κ2) is 4.91. The van der Waals surface area contributed by atoms with Gasteiger partial charge in [0.2, 0.25) is 0 Å². The van der Waals surface area contributed by atoms with Gasteiger partial charge in [0.05, 0.1) is 19.9 Å². The molecule has 1 heterocycles. The molecule has 0 unspecified atom stereocenters. The van der Waals surface area contributed by atoms with Gasteiger partial charge < -0.3 is 9.47 Å². The normalized spacial score (nSPS) is 10.2. The zero-order valence-corrected chi connectivity index (χ0v) is 10.5. The summed E-state index contributed by atoms with van der Waals surface area (Å²) in [5.74, 6) is 1.37. The van der Waals surface area contributed by atoms with Crippen molar-refractivity contribution >= 4 is 6.29 Å². The van der Waals surface area contributed by atoms with Gasteiger partial charge in [-0.3, -0.25) is 9.48 Å². The second-order valence-electron chi connectivity index (χ2n) is 3.76. The maximum Gasteiger partial charge on any atom is 0.168 e. The fourth-order valence-corrected chi connectivity index (χ4v) is 1.73. The number of aldehydes is 1. The van der Waals surface area contributed by atoms with Crippen molar-refractivity contribution in [2.45, 2.75) is 0 Å². The van der Waals surface area contributed by atoms with E-state index in [4.69, 9.17) is 9.47 Å². The summed E-state index contributed by atoms with van der Waals surface area (Å²) in [5.41, 5.74) is 2.03. The third-order valence-corrected chi connectivity index (χ3v) is 2.72. The van der Waals surface area contributed by atoms with Crippen molar-refractivity contribution in [1.82, 2.24) is 9.78 Å². The van der Waals surface area contributed by atoms with Gasteiger partial charge in [-0.25, -0.2) is 0 Å². The quantitative estimate of drug-likeness (QED) is 0.773. The SMILES string of the molecule is COc1ccc(-c2cc(C=O)n(C)n2)c(OC)c1. The Kier molecular flexibility index (Phi) is 3.32. The highest BCUT2D eigenvalue weighted by Gasteiger charge is 2.12. The Morgan fingerprint density at radius 1 is 1.22 bits per heavy atom. The van der Waals surface area contributed by atoms with Gasteiger partial charge in [-0.05, 0) is 18.2 Å². The molecule has 0 aliphatic carbocycles. The summed E-state index contributed by atoms with van der Waals surface area (Å²) in [5, 5.41) is 4.28. The van der Waals surface area contributed by atoms with Crippen molar-refractivity contribution < 1.29 is 14.3 Å². The minimum absolute atomic E-state index is 0.517. The fraction of sp³-hybridized carbons (Fsp3) is 0.231. The van der Waals surface area contributed by atoms with Crippen LogP contribution in [0.25, 0.3) is 11.3 Å². The van der Waals surface area contributed by atoms with Crippen LogP contribution in [0.5, 0.6) is 11.5 Å². The summed E-state index contributed by atoms with van der Waals surface area (Å²) in [7, 11) is 4.91. The molecule has 2 rings (SSSR count). The number of carbonyl (C=O) groups excluding carboxylic acids is 1. The molecule has 94 valence electrons. The van der Waals surface area contributed by atoms with E-state index in [1.165, 1.54) is 4.68 Å². The fourth-order valence-electron chi connectivity index (χ4n) is 1.73. The Hall–Kier alpha value is -2.30. The van der Waals surface area contributed by atoms with Crippen LogP contribution in [0, 0.1) is 0 Å². The van der Waals surface area contributed by atoms with Gasteiger partial charge in [0.15, 0.2) is 6.29 Å². The molecule has 0 spiro atoms. The Balaban J connectivity index is 2.52. The summed E-state index contributed by atoms with van der Waals surface area (Å²) in [6.45, 7) is 0. The predicted octanol–water partition coefficient (Wildman–Crippen LogP) is 1.92. The number of ether oxygens (including phenoxy) is 2. The molecule has 18 heavy (non-hydrogen) atoms. The highest BCUT2D eigenvalue weighted by molar-refractivity contribution is 5.77. The Morgan fingerprint density at radius 3 is 2.56 bits per heavy atom. The highest BCUT2D eigenvalue weighted by atomic mass is 16.5. The zero-order valence-electron chi connectivity index (χ0n) is 10.5. The van der Waals surface area contributed by atoms with Crippen LogP contribution in [0.1, 0.15) is 10.5 Å². The van der Waals surface area contributed by atoms with Gasteiger partial charge >= 0.3 is 0 Å². The molecule has 1 aromatic carbocycles. The summed E-state index contributed by atoms with van der Waals surface area (Å²) in [6.07, 6.45) is 0.770. The lowest BCUT2D eigenvalue weighted by Crippen LogP contribution is -1.96. The highest BCUT2D eigenvalue weighted by Crippen LogP contribution is 2.32. The topological polar surface area (TPSA) is 53.4 Å². The van der Waals surface area contributed by atoms with Crippen molar-refractivity contribution in [3.05, 3.63) is 30.0 Å². The van der Waals surface area contributed by atoms with E-state index in [2.05, 4.69) is 5.10 Å². The standard InChI is InChI=1S/C13H14N2O3/c1-15-9(8-16)6-12(14-15)11-5-4-10(17-2)7-13(11)18-3/h4-8H,1-3H3. The molecule has 5 heteroatoms. The molecule has 0 aliphatic rings. The van der Waals surface area contributed by atoms with Crippen molar-refractivity contribution in [2.75, 3.05) is 14.2 Å². The number of aromatic nitrogens is 2. The third-order valence-electron chi connectivity index (χ3n) is 2.72. The molecule has 0 saturated heterocycles. The minimum atomic E-state index is 0.517. The molecule has 0 aliphatic heterocycles. The first-order valence-corrected chi connectivity index (χ1v) is 5.41. The van der Waals surface area contributed by atoms with Crippen LogP contribution >= 0.6 is 0 Å². The monoisotopic (exact) mass is 246 g/mol. The van der Waals surface area contributed by atoms with Gasteiger partial charge in [0, 0.05) is 18.7 Å². The summed E-state index contributed by atoms with van der Waals surface area (Å²) < 4.78 is 12.0. The number of benzene rings is 1. The number of nitrogens with zero attached hydrogens (tertiary/aromatic N) is 2. The first-order valence-electron chi connectivity index (χ1n) is 5.41. The van der Waals surface area contributed by atoms with E-state index < -0.39 is 0 Å². The van der Waals surface area contributed by atoms with Crippen LogP contribution in [0.2, 0.25) is 0 Å². The second-order valence-corrected chi connectivity index (χ2v) is 3.76. The van der Waals surface area contributed by atoms with E-state index >= 15 is 0 Å². The Morgan fingerprint density at radius 2 is 2.00 bits per heavy atom. The van der Waals surface area contributed by atoms with E-state index in [-0.39, 0.29) is 0 Å². The number of hydrogen-bond acceptors (Lipinski definition) is 4. The average Bonchev–Trinajstić information content (AvgIpc) is 2.79. The predicted molar refractivity (Wildman–Crippen MR) is 67.1 cm³/mol. The van der Waals surface area contributed by atoms with Crippen LogP contribution in [-0.2, 0) is 7.05 Å². The van der Waals surface area contributed by atoms with Crippen molar-refractivity contribution in [3.63, 3.8) is 0 Å². The number of hydrogen-bond donors (Lipinski definition) is 0. The van der Waals surface area contributed by atoms with E-state index in [1.54, 1.807) is 33.4 Å². The average molecular weight is 246 g/mol. The molecule has 0 radical (unpaired) electrons. The summed E-state index contributed by atoms with van der Waals surface area (Å²) in [4.78, 5) is 10.8. The molecule has 2 aromatic rings. The Bertz CT molecular complexity index is 576. The van der Waals surface area contributed by atoms with E-state index in [0.717, 1.165) is 11.8 Å². The van der Waals surface area contributed by atoms with Crippen molar-refractivity contribution in [3.8, 4) is 22.8 Å². The van der Waals surface area contributed by atoms with Crippen LogP contribution in [0.3, 0.4) is 0 Å². The molecule has 0 amide bonds. The molecule has 0 fully saturated rings. The first kappa shape index (κ1) is 12.2. The van der Waals surface area contributed by atoms with E-state index in [0.29, 0.717) is 22.9 Å². The lowest BCUT2D eigenvalue weighted by molar-refractivity contribution is 0.111. The molecule has 1 aromatic heterocycles. The van der Waals surface area contributed by atoms with E-state index in [1.807, 2.05) is 12.1 Å². The Labute approximate surface area is 105 Å². The van der Waals surface area contributed by atoms with Crippen molar-refractivity contribution in [1.29, 1.82) is 0 Å². The molecule has 0 bridgehead atoms. The summed E-state index contributed by atoms with van der Waals surface area (Å²) >= 11 is 0. The molecular weight excluding hydrogens is 232 g/mol. The maximum atomic E-state index is 10.8. The lowest BCUT2D eigenvalue weighted by Gasteiger charge is -2.08. The first-order chi connectivity index (χ1) is 8.69. The van der Waals surface area contributed by atoms with Crippen LogP contribution < -0.4 is 9.47 Å². The molecule has 0 atom stereocenters. The van der Waals surface area contributed by atoms with Gasteiger partial charge in [0.25, 0.3) is 0 Å². The molecule has 0 saturated carbocycles. The number of aryl methyl sites for hydroxylation is 1. The molecule has 5 nitrogen and oxygen atoms in total. The van der Waals surface area contributed by atoms with Gasteiger partial charge in [0.1, 0.15) is 17.2 Å². The maximum absolute atomic E-state index is 10.8. The van der Waals surface area contributed by atoms with Gasteiger partial charge in [-0.15, -0.1) is 0 Å². The minimum Gasteiger partial charge on any atom is -0.497 e. The number of rotatable bonds is 4. The van der Waals surface area contributed by atoms with Gasteiger partial charge in [-0.2, -0.15) is 5.10 Å². The third kappa shape index (κ3) is 2.07. The number of methoxy groups -OCH3 is 2. The zero-order chi connectivity index (χ0) is 13.1. The number of carbonyl (C=O) groups is 1. The van der Waals surface area contributed by atoms with Crippen LogP contribution in [0.4, 0.5) is 0 Å². The largest absolute Gasteiger partial charge is 0.497 e. The summed E-state index contributed by atoms with van der Waals surface area (Å²) in [6, 6.07) is 7.18. The van der Waals surface area contributed by atoms with Crippen molar-refractivity contribution in [2.24, 2.45) is 7.05 Å².